The number of amides is 1. The monoisotopic (exact) mass is 514 g/mol. The van der Waals surface area contributed by atoms with Crippen LogP contribution in [0.4, 0.5) is 0 Å². The average molecular weight is 515 g/mol. The molecule has 2 N–H and O–H groups in total. The van der Waals surface area contributed by atoms with Crippen LogP contribution in [-0.2, 0) is 24.2 Å². The molecule has 0 aliphatic heterocycles. The molecule has 0 saturated heterocycles. The van der Waals surface area contributed by atoms with E-state index < -0.39 is 0 Å². The Morgan fingerprint density at radius 3 is 2.34 bits per heavy atom. The third-order valence-corrected chi connectivity index (χ3v) is 5.91. The number of benzene rings is 3. The topological polar surface area (TPSA) is 115 Å². The fourth-order valence-corrected chi connectivity index (χ4v) is 3.81. The van der Waals surface area contributed by atoms with Gasteiger partial charge in [0.1, 0.15) is 18.1 Å². The van der Waals surface area contributed by atoms with Crippen molar-refractivity contribution in [3.05, 3.63) is 100.0 Å². The Bertz CT molecular complexity index is 1400. The Kier molecular flexibility index (Phi) is 9.07. The molecular formula is C29H30N4O5. The number of hydrogen-bond acceptors (Lipinski definition) is 7. The maximum Gasteiger partial charge on any atom is 0.273 e. The minimum absolute atomic E-state index is 0.135. The molecule has 9 nitrogen and oxygen atoms in total. The molecule has 1 amide bonds. The first-order valence-electron chi connectivity index (χ1n) is 12.3. The van der Waals surface area contributed by atoms with Crippen molar-refractivity contribution in [2.24, 2.45) is 0 Å². The number of aryl methyl sites for hydroxylation is 1. The lowest BCUT2D eigenvalue weighted by molar-refractivity contribution is -0.121. The third-order valence-electron chi connectivity index (χ3n) is 5.91. The highest BCUT2D eigenvalue weighted by Crippen LogP contribution is 2.27. The molecule has 1 heterocycles. The Labute approximate surface area is 220 Å². The van der Waals surface area contributed by atoms with Gasteiger partial charge >= 0.3 is 0 Å². The predicted molar refractivity (Wildman–Crippen MR) is 143 cm³/mol. The van der Waals surface area contributed by atoms with Gasteiger partial charge in [-0.15, -0.1) is 10.2 Å². The van der Waals surface area contributed by atoms with E-state index in [1.807, 2.05) is 72.8 Å². The summed E-state index contributed by atoms with van der Waals surface area (Å²) in [6.45, 7) is 0.926. The quantitative estimate of drug-likeness (QED) is 0.296. The maximum absolute atomic E-state index is 12.5. The van der Waals surface area contributed by atoms with Crippen molar-refractivity contribution >= 4 is 5.91 Å². The Morgan fingerprint density at radius 2 is 1.63 bits per heavy atom. The van der Waals surface area contributed by atoms with Crippen molar-refractivity contribution in [2.75, 3.05) is 20.8 Å². The van der Waals surface area contributed by atoms with E-state index >= 15 is 0 Å². The van der Waals surface area contributed by atoms with Crippen LogP contribution in [0.5, 0.6) is 17.2 Å². The fourth-order valence-electron chi connectivity index (χ4n) is 3.81. The van der Waals surface area contributed by atoms with Gasteiger partial charge < -0.3 is 24.5 Å². The van der Waals surface area contributed by atoms with E-state index in [4.69, 9.17) is 14.2 Å². The number of nitrogens with zero attached hydrogens (tertiary/aromatic N) is 2. The van der Waals surface area contributed by atoms with Crippen molar-refractivity contribution in [1.29, 1.82) is 0 Å². The lowest BCUT2D eigenvalue weighted by Gasteiger charge is -2.10. The molecule has 0 unspecified atom stereocenters. The molecule has 0 saturated carbocycles. The zero-order chi connectivity index (χ0) is 26.7. The van der Waals surface area contributed by atoms with Gasteiger partial charge in [0.25, 0.3) is 5.56 Å². The molecule has 0 aliphatic carbocycles. The SMILES string of the molecule is COc1ccc(CCNC(=O)CCc2nnc(-c3ccc(OCc4ccccc4)cc3)[nH]c2=O)cc1OC. The van der Waals surface area contributed by atoms with Gasteiger partial charge in [-0.05, 0) is 53.9 Å². The van der Waals surface area contributed by atoms with Crippen molar-refractivity contribution in [3.63, 3.8) is 0 Å². The smallest absolute Gasteiger partial charge is 0.273 e. The highest BCUT2D eigenvalue weighted by Gasteiger charge is 2.10. The molecule has 0 radical (unpaired) electrons. The molecule has 196 valence electrons. The molecule has 9 heteroatoms. The number of carbonyl (C=O) groups is 1. The van der Waals surface area contributed by atoms with Gasteiger partial charge in [-0.2, -0.15) is 0 Å². The van der Waals surface area contributed by atoms with E-state index in [-0.39, 0.29) is 30.0 Å². The molecule has 4 aromatic rings. The minimum atomic E-state index is -0.363. The molecule has 0 fully saturated rings. The van der Waals surface area contributed by atoms with Crippen LogP contribution in [0.2, 0.25) is 0 Å². The highest BCUT2D eigenvalue weighted by molar-refractivity contribution is 5.76. The lowest BCUT2D eigenvalue weighted by Crippen LogP contribution is -2.27. The number of H-pyrrole nitrogens is 1. The van der Waals surface area contributed by atoms with Crippen molar-refractivity contribution < 1.29 is 19.0 Å². The number of rotatable bonds is 12. The third kappa shape index (κ3) is 7.19. The number of nitrogens with one attached hydrogen (secondary N) is 2. The van der Waals surface area contributed by atoms with Crippen LogP contribution < -0.4 is 25.1 Å². The summed E-state index contributed by atoms with van der Waals surface area (Å²) in [5, 5.41) is 11.1. The zero-order valence-corrected chi connectivity index (χ0v) is 21.4. The van der Waals surface area contributed by atoms with Crippen LogP contribution in [0.3, 0.4) is 0 Å². The molecule has 1 aromatic heterocycles. The zero-order valence-electron chi connectivity index (χ0n) is 21.4. The summed E-state index contributed by atoms with van der Waals surface area (Å²) < 4.78 is 16.3. The maximum atomic E-state index is 12.5. The summed E-state index contributed by atoms with van der Waals surface area (Å²) >= 11 is 0. The molecule has 38 heavy (non-hydrogen) atoms. The largest absolute Gasteiger partial charge is 0.493 e. The van der Waals surface area contributed by atoms with Crippen LogP contribution in [-0.4, -0.2) is 41.9 Å². The standard InChI is InChI=1S/C29H30N4O5/c1-36-25-14-8-20(18-26(25)37-2)16-17-30-27(34)15-13-24-29(35)31-28(33-32-24)22-9-11-23(12-10-22)38-19-21-6-4-3-5-7-21/h3-12,14,18H,13,15-17,19H2,1-2H3,(H,30,34)(H,31,33,35). The van der Waals surface area contributed by atoms with E-state index in [1.54, 1.807) is 14.2 Å². The van der Waals surface area contributed by atoms with Crippen LogP contribution >= 0.6 is 0 Å². The normalized spacial score (nSPS) is 10.6. The molecule has 0 spiro atoms. The second kappa shape index (κ2) is 13.0. The molecule has 3 aromatic carbocycles. The minimum Gasteiger partial charge on any atom is -0.493 e. The van der Waals surface area contributed by atoms with Crippen molar-refractivity contribution in [2.45, 2.75) is 25.9 Å². The van der Waals surface area contributed by atoms with E-state index in [0.29, 0.717) is 48.2 Å². The summed E-state index contributed by atoms with van der Waals surface area (Å²) in [5.41, 5.74) is 2.65. The number of methoxy groups -OCH3 is 2. The van der Waals surface area contributed by atoms with Gasteiger partial charge in [-0.3, -0.25) is 9.59 Å². The number of hydrogen-bond donors (Lipinski definition) is 2. The van der Waals surface area contributed by atoms with Gasteiger partial charge in [0.15, 0.2) is 17.3 Å². The molecule has 0 atom stereocenters. The summed E-state index contributed by atoms with van der Waals surface area (Å²) in [6, 6.07) is 22.8. The number of aromatic nitrogens is 3. The van der Waals surface area contributed by atoms with E-state index in [9.17, 15) is 9.59 Å². The van der Waals surface area contributed by atoms with Crippen LogP contribution in [0.1, 0.15) is 23.2 Å². The summed E-state index contributed by atoms with van der Waals surface area (Å²) in [5.74, 6) is 2.20. The Morgan fingerprint density at radius 1 is 0.868 bits per heavy atom. The van der Waals surface area contributed by atoms with Crippen LogP contribution in [0.15, 0.2) is 77.6 Å². The van der Waals surface area contributed by atoms with Crippen LogP contribution in [0, 0.1) is 0 Å². The van der Waals surface area contributed by atoms with E-state index in [1.165, 1.54) is 0 Å². The predicted octanol–water partition coefficient (Wildman–Crippen LogP) is 3.72. The summed E-state index contributed by atoms with van der Waals surface area (Å²) in [6.07, 6.45) is 0.963. The Balaban J connectivity index is 1.25. The summed E-state index contributed by atoms with van der Waals surface area (Å²) in [4.78, 5) is 27.6. The van der Waals surface area contributed by atoms with E-state index in [2.05, 4.69) is 20.5 Å². The first kappa shape index (κ1) is 26.4. The molecule has 4 rings (SSSR count). The van der Waals surface area contributed by atoms with Crippen LogP contribution in [0.25, 0.3) is 11.4 Å². The second-order valence-corrected chi connectivity index (χ2v) is 8.54. The van der Waals surface area contributed by atoms with E-state index in [0.717, 1.165) is 11.1 Å². The first-order chi connectivity index (χ1) is 18.6. The lowest BCUT2D eigenvalue weighted by atomic mass is 10.1. The summed E-state index contributed by atoms with van der Waals surface area (Å²) in [7, 11) is 3.17. The van der Waals surface area contributed by atoms with Gasteiger partial charge in [0, 0.05) is 24.9 Å². The number of aromatic amines is 1. The molecular weight excluding hydrogens is 484 g/mol. The van der Waals surface area contributed by atoms with Gasteiger partial charge in [0.05, 0.1) is 14.2 Å². The Hall–Kier alpha value is -4.66. The second-order valence-electron chi connectivity index (χ2n) is 8.54. The van der Waals surface area contributed by atoms with Gasteiger partial charge in [0.2, 0.25) is 5.91 Å². The first-order valence-corrected chi connectivity index (χ1v) is 12.3. The van der Waals surface area contributed by atoms with Gasteiger partial charge in [-0.25, -0.2) is 0 Å². The molecule has 0 bridgehead atoms. The average Bonchev–Trinajstić information content (AvgIpc) is 2.96. The number of carbonyl (C=O) groups excluding carboxylic acids is 1. The number of ether oxygens (including phenoxy) is 3. The van der Waals surface area contributed by atoms with Crippen molar-refractivity contribution in [3.8, 4) is 28.6 Å². The van der Waals surface area contributed by atoms with Crippen molar-refractivity contribution in [1.82, 2.24) is 20.5 Å². The highest BCUT2D eigenvalue weighted by atomic mass is 16.5. The van der Waals surface area contributed by atoms with Gasteiger partial charge in [-0.1, -0.05) is 36.4 Å². The molecule has 0 aliphatic rings. The fraction of sp³-hybridized carbons (Fsp3) is 0.241.